The fraction of sp³-hybridized carbons (Fsp3) is 0.400. The largest absolute Gasteiger partial charge is 0.325 e. The van der Waals surface area contributed by atoms with Crippen LogP contribution in [0.1, 0.15) is 32.1 Å². The third-order valence-electron chi connectivity index (χ3n) is 3.24. The Hall–Kier alpha value is -1.42. The van der Waals surface area contributed by atoms with Crippen LogP contribution < -0.4 is 5.32 Å². The number of carbonyl (C=O) groups is 1. The van der Waals surface area contributed by atoms with Gasteiger partial charge in [-0.2, -0.15) is 0 Å². The van der Waals surface area contributed by atoms with Gasteiger partial charge in [-0.25, -0.2) is 0 Å². The smallest absolute Gasteiger partial charge is 0.228 e. The lowest BCUT2D eigenvalue weighted by molar-refractivity contribution is -0.115. The van der Waals surface area contributed by atoms with Crippen LogP contribution in [0.3, 0.4) is 0 Å². The van der Waals surface area contributed by atoms with Gasteiger partial charge in [0.2, 0.25) is 5.91 Å². The van der Waals surface area contributed by atoms with Crippen molar-refractivity contribution in [1.82, 2.24) is 0 Å². The first-order chi connectivity index (χ1) is 9.16. The predicted octanol–water partition coefficient (Wildman–Crippen LogP) is 3.25. The molecular formula is C15H19NO2S. The maximum absolute atomic E-state index is 12.0. The third-order valence-corrected chi connectivity index (χ3v) is 4.22. The monoisotopic (exact) mass is 277 g/mol. The number of carbonyl (C=O) groups excluding carboxylic acids is 1. The molecule has 0 radical (unpaired) electrons. The zero-order valence-corrected chi connectivity index (χ0v) is 12.0. The maximum atomic E-state index is 12.0. The zero-order valence-electron chi connectivity index (χ0n) is 11.1. The van der Waals surface area contributed by atoms with Crippen molar-refractivity contribution in [3.05, 3.63) is 35.9 Å². The Morgan fingerprint density at radius 2 is 2.11 bits per heavy atom. The molecule has 0 aromatic heterocycles. The molecule has 0 spiro atoms. The van der Waals surface area contributed by atoms with Crippen molar-refractivity contribution in [3.8, 4) is 0 Å². The van der Waals surface area contributed by atoms with Crippen LogP contribution in [0.25, 0.3) is 0 Å². The lowest BCUT2D eigenvalue weighted by atomic mass is 9.97. The van der Waals surface area contributed by atoms with Crippen molar-refractivity contribution in [2.24, 2.45) is 0 Å². The van der Waals surface area contributed by atoms with Crippen molar-refractivity contribution in [2.45, 2.75) is 37.0 Å². The lowest BCUT2D eigenvalue weighted by Gasteiger charge is -2.13. The van der Waals surface area contributed by atoms with Gasteiger partial charge in [-0.3, -0.25) is 9.00 Å². The minimum Gasteiger partial charge on any atom is -0.325 e. The first-order valence-corrected chi connectivity index (χ1v) is 8.13. The van der Waals surface area contributed by atoms with E-state index in [9.17, 15) is 9.00 Å². The summed E-state index contributed by atoms with van der Waals surface area (Å²) in [6, 6.07) is 7.25. The Morgan fingerprint density at radius 1 is 1.32 bits per heavy atom. The average molecular weight is 277 g/mol. The SMILES string of the molecule is C[S@@](=O)c1ccccc1NC(=O)CC1=CCCCC1. The van der Waals surface area contributed by atoms with Gasteiger partial charge in [0.05, 0.1) is 21.4 Å². The van der Waals surface area contributed by atoms with E-state index in [1.54, 1.807) is 18.4 Å². The summed E-state index contributed by atoms with van der Waals surface area (Å²) >= 11 is 0. The Kier molecular flexibility index (Phi) is 4.91. The highest BCUT2D eigenvalue weighted by atomic mass is 32.2. The fourth-order valence-corrected chi connectivity index (χ4v) is 2.99. The molecule has 1 aliphatic rings. The topological polar surface area (TPSA) is 46.2 Å². The van der Waals surface area contributed by atoms with E-state index in [2.05, 4.69) is 11.4 Å². The maximum Gasteiger partial charge on any atom is 0.228 e. The second kappa shape index (κ2) is 6.66. The van der Waals surface area contributed by atoms with Gasteiger partial charge in [-0.15, -0.1) is 0 Å². The molecular weight excluding hydrogens is 258 g/mol. The lowest BCUT2D eigenvalue weighted by Crippen LogP contribution is -2.14. The number of hydrogen-bond acceptors (Lipinski definition) is 2. The van der Waals surface area contributed by atoms with Crippen molar-refractivity contribution in [2.75, 3.05) is 11.6 Å². The van der Waals surface area contributed by atoms with Crippen LogP contribution in [0.4, 0.5) is 5.69 Å². The summed E-state index contributed by atoms with van der Waals surface area (Å²) in [7, 11) is -1.09. The number of hydrogen-bond donors (Lipinski definition) is 1. The third kappa shape index (κ3) is 4.03. The Balaban J connectivity index is 2.02. The van der Waals surface area contributed by atoms with E-state index < -0.39 is 10.8 Å². The quantitative estimate of drug-likeness (QED) is 0.859. The Bertz CT molecular complexity index is 523. The van der Waals surface area contributed by atoms with Crippen LogP contribution in [0, 0.1) is 0 Å². The van der Waals surface area contributed by atoms with Crippen molar-refractivity contribution < 1.29 is 9.00 Å². The normalized spacial score (nSPS) is 16.6. The second-order valence-corrected chi connectivity index (χ2v) is 6.13. The van der Waals surface area contributed by atoms with Crippen LogP contribution in [0.2, 0.25) is 0 Å². The number of amides is 1. The van der Waals surface area contributed by atoms with Crippen molar-refractivity contribution in [3.63, 3.8) is 0 Å². The van der Waals surface area contributed by atoms with Gasteiger partial charge in [-0.05, 0) is 37.8 Å². The predicted molar refractivity (Wildman–Crippen MR) is 78.6 cm³/mol. The summed E-state index contributed by atoms with van der Waals surface area (Å²) < 4.78 is 11.6. The summed E-state index contributed by atoms with van der Waals surface area (Å²) in [5.74, 6) is -0.0222. The second-order valence-electron chi connectivity index (χ2n) is 4.78. The number of allylic oxidation sites excluding steroid dienone is 1. The summed E-state index contributed by atoms with van der Waals surface area (Å²) in [5.41, 5.74) is 1.88. The molecule has 2 rings (SSSR count). The Labute approximate surface area is 116 Å². The number of benzene rings is 1. The van der Waals surface area contributed by atoms with E-state index in [4.69, 9.17) is 0 Å². The first-order valence-electron chi connectivity index (χ1n) is 6.57. The van der Waals surface area contributed by atoms with Gasteiger partial charge >= 0.3 is 0 Å². The average Bonchev–Trinajstić information content (AvgIpc) is 2.40. The summed E-state index contributed by atoms with van der Waals surface area (Å²) in [5, 5.41) is 2.87. The molecule has 0 fully saturated rings. The molecule has 0 saturated heterocycles. The molecule has 1 atom stereocenters. The van der Waals surface area contributed by atoms with E-state index in [0.29, 0.717) is 17.0 Å². The molecule has 1 aromatic rings. The molecule has 19 heavy (non-hydrogen) atoms. The molecule has 4 heteroatoms. The van der Waals surface area contributed by atoms with E-state index in [1.807, 2.05) is 12.1 Å². The number of nitrogens with one attached hydrogen (secondary N) is 1. The van der Waals surface area contributed by atoms with E-state index in [1.165, 1.54) is 18.4 Å². The van der Waals surface area contributed by atoms with Crippen LogP contribution >= 0.6 is 0 Å². The van der Waals surface area contributed by atoms with E-state index in [-0.39, 0.29) is 5.91 Å². The number of anilines is 1. The van der Waals surface area contributed by atoms with Crippen LogP contribution in [-0.4, -0.2) is 16.4 Å². The van der Waals surface area contributed by atoms with Crippen LogP contribution in [0.15, 0.2) is 40.8 Å². The molecule has 1 aromatic carbocycles. The highest BCUT2D eigenvalue weighted by molar-refractivity contribution is 7.84. The molecule has 0 saturated carbocycles. The standard InChI is InChI=1S/C15H19NO2S/c1-19(18)14-10-6-5-9-13(14)16-15(17)11-12-7-3-2-4-8-12/h5-7,9-10H,2-4,8,11H2,1H3,(H,16,17)/t19-/m1/s1. The van der Waals surface area contributed by atoms with Gasteiger partial charge in [-0.1, -0.05) is 23.8 Å². The summed E-state index contributed by atoms with van der Waals surface area (Å²) in [6.45, 7) is 0. The summed E-state index contributed by atoms with van der Waals surface area (Å²) in [6.07, 6.45) is 8.75. The number of rotatable bonds is 4. The van der Waals surface area contributed by atoms with E-state index in [0.717, 1.165) is 12.8 Å². The van der Waals surface area contributed by atoms with Crippen molar-refractivity contribution in [1.29, 1.82) is 0 Å². The Morgan fingerprint density at radius 3 is 2.79 bits per heavy atom. The highest BCUT2D eigenvalue weighted by Gasteiger charge is 2.12. The molecule has 0 bridgehead atoms. The molecule has 0 aliphatic heterocycles. The van der Waals surface area contributed by atoms with Gasteiger partial charge < -0.3 is 5.32 Å². The molecule has 0 unspecified atom stereocenters. The molecule has 102 valence electrons. The van der Waals surface area contributed by atoms with Crippen LogP contribution in [0.5, 0.6) is 0 Å². The first kappa shape index (κ1) is 14.0. The summed E-state index contributed by atoms with van der Waals surface area (Å²) in [4.78, 5) is 12.7. The van der Waals surface area contributed by atoms with Crippen molar-refractivity contribution >= 4 is 22.4 Å². The van der Waals surface area contributed by atoms with Gasteiger partial charge in [0.25, 0.3) is 0 Å². The molecule has 1 amide bonds. The minimum atomic E-state index is -1.09. The molecule has 1 aliphatic carbocycles. The zero-order chi connectivity index (χ0) is 13.7. The van der Waals surface area contributed by atoms with Crippen LogP contribution in [-0.2, 0) is 15.6 Å². The van der Waals surface area contributed by atoms with Gasteiger partial charge in [0.1, 0.15) is 0 Å². The molecule has 1 N–H and O–H groups in total. The molecule has 3 nitrogen and oxygen atoms in total. The van der Waals surface area contributed by atoms with E-state index >= 15 is 0 Å². The minimum absolute atomic E-state index is 0.0222. The van der Waals surface area contributed by atoms with Gasteiger partial charge in [0, 0.05) is 12.7 Å². The number of para-hydroxylation sites is 1. The highest BCUT2D eigenvalue weighted by Crippen LogP contribution is 2.22. The molecule has 0 heterocycles. The van der Waals surface area contributed by atoms with Gasteiger partial charge in [0.15, 0.2) is 0 Å². The fourth-order valence-electron chi connectivity index (χ4n) is 2.29.